The first-order valence-corrected chi connectivity index (χ1v) is 11.7. The Bertz CT molecular complexity index is 938. The lowest BCUT2D eigenvalue weighted by Crippen LogP contribution is -2.26. The van der Waals surface area contributed by atoms with Crippen molar-refractivity contribution in [2.45, 2.75) is 58.0 Å². The number of ether oxygens (including phenoxy) is 1. The number of carbonyl (C=O) groups is 1. The molecule has 1 aromatic heterocycles. The number of pyridine rings is 1. The number of aromatic nitrogens is 1. The van der Waals surface area contributed by atoms with Crippen molar-refractivity contribution in [2.24, 2.45) is 5.41 Å². The molecule has 3 aliphatic rings. The molecule has 2 saturated heterocycles. The molecule has 164 valence electrons. The molecular formula is C26H33N3O2. The Hall–Kier alpha value is -2.56. The van der Waals surface area contributed by atoms with Crippen LogP contribution in [0.2, 0.25) is 0 Å². The zero-order valence-corrected chi connectivity index (χ0v) is 18.7. The molecule has 2 atom stereocenters. The van der Waals surface area contributed by atoms with Crippen LogP contribution in [-0.4, -0.2) is 43.1 Å². The summed E-state index contributed by atoms with van der Waals surface area (Å²) in [4.78, 5) is 21.2. The van der Waals surface area contributed by atoms with Crippen LogP contribution >= 0.6 is 0 Å². The summed E-state index contributed by atoms with van der Waals surface area (Å²) in [7, 11) is 0. The van der Waals surface area contributed by atoms with Crippen LogP contribution in [-0.2, 0) is 4.79 Å². The van der Waals surface area contributed by atoms with Crippen LogP contribution in [0.1, 0.15) is 57.4 Å². The predicted molar refractivity (Wildman–Crippen MR) is 124 cm³/mol. The van der Waals surface area contributed by atoms with Gasteiger partial charge < -0.3 is 19.3 Å². The van der Waals surface area contributed by atoms with Gasteiger partial charge in [0.1, 0.15) is 29.3 Å². The molecule has 0 radical (unpaired) electrons. The predicted octanol–water partition coefficient (Wildman–Crippen LogP) is 4.81. The lowest BCUT2D eigenvalue weighted by atomic mass is 9.96. The normalized spacial score (nSPS) is 22.7. The van der Waals surface area contributed by atoms with Crippen LogP contribution in [0.5, 0.6) is 5.75 Å². The maximum atomic E-state index is 11.4. The molecular weight excluding hydrogens is 386 g/mol. The van der Waals surface area contributed by atoms with Crippen LogP contribution in [0, 0.1) is 5.41 Å². The summed E-state index contributed by atoms with van der Waals surface area (Å²) in [5.41, 5.74) is 1.80. The number of carbonyl (C=O) groups excluding carboxylic acids is 1. The van der Waals surface area contributed by atoms with E-state index in [0.717, 1.165) is 43.4 Å². The minimum absolute atomic E-state index is 0.174. The molecule has 0 N–H and O–H groups in total. The summed E-state index contributed by atoms with van der Waals surface area (Å²) >= 11 is 0. The first kappa shape index (κ1) is 20.3. The molecule has 0 bridgehead atoms. The van der Waals surface area contributed by atoms with Crippen LogP contribution in [0.15, 0.2) is 42.5 Å². The molecule has 2 aliphatic heterocycles. The van der Waals surface area contributed by atoms with Gasteiger partial charge in [0.2, 0.25) is 0 Å². The lowest BCUT2D eigenvalue weighted by molar-refractivity contribution is -0.117. The van der Waals surface area contributed by atoms with E-state index in [1.807, 2.05) is 12.1 Å². The smallest absolute Gasteiger partial charge is 0.131 e. The summed E-state index contributed by atoms with van der Waals surface area (Å²) in [6, 6.07) is 14.7. The van der Waals surface area contributed by atoms with E-state index in [4.69, 9.17) is 9.72 Å². The topological polar surface area (TPSA) is 45.7 Å². The number of benzene rings is 1. The van der Waals surface area contributed by atoms with Crippen LogP contribution < -0.4 is 14.5 Å². The molecule has 2 aromatic rings. The zero-order chi connectivity index (χ0) is 21.4. The van der Waals surface area contributed by atoms with E-state index in [9.17, 15) is 4.79 Å². The second kappa shape index (κ2) is 8.18. The Kier molecular flexibility index (Phi) is 5.37. The van der Waals surface area contributed by atoms with Gasteiger partial charge in [-0.2, -0.15) is 0 Å². The van der Waals surface area contributed by atoms with Gasteiger partial charge in [-0.05, 0) is 67.3 Å². The third-order valence-electron chi connectivity index (χ3n) is 7.25. The van der Waals surface area contributed by atoms with Crippen LogP contribution in [0.3, 0.4) is 0 Å². The number of ketones is 1. The number of nitrogens with zero attached hydrogens (tertiary/aromatic N) is 3. The van der Waals surface area contributed by atoms with E-state index in [0.29, 0.717) is 11.8 Å². The highest BCUT2D eigenvalue weighted by atomic mass is 16.5. The van der Waals surface area contributed by atoms with Crippen molar-refractivity contribution in [1.29, 1.82) is 0 Å². The van der Waals surface area contributed by atoms with Crippen molar-refractivity contribution < 1.29 is 9.53 Å². The monoisotopic (exact) mass is 419 g/mol. The van der Waals surface area contributed by atoms with Crippen LogP contribution in [0.25, 0.3) is 0 Å². The standard InChI is InChI=1S/C26H33N3O2/c1-19(16-20(2)30)21-6-8-22(9-7-21)31-23-10-14-28(17-23)24-4-3-5-25(27-24)29-15-13-26(18-29)11-12-26/h3-9,19,23H,10-18H2,1-2H3/t19-,23-/m1/s1. The molecule has 1 aromatic carbocycles. The highest BCUT2D eigenvalue weighted by Crippen LogP contribution is 2.53. The molecule has 5 heteroatoms. The summed E-state index contributed by atoms with van der Waals surface area (Å²) in [6.07, 6.45) is 5.87. The summed E-state index contributed by atoms with van der Waals surface area (Å²) in [5.74, 6) is 3.57. The minimum Gasteiger partial charge on any atom is -0.489 e. The fraction of sp³-hybridized carbons (Fsp3) is 0.538. The average Bonchev–Trinajstić information content (AvgIpc) is 3.16. The van der Waals surface area contributed by atoms with E-state index in [-0.39, 0.29) is 17.8 Å². The molecule has 31 heavy (non-hydrogen) atoms. The van der Waals surface area contributed by atoms with E-state index >= 15 is 0 Å². The third kappa shape index (κ3) is 4.56. The molecule has 1 saturated carbocycles. The summed E-state index contributed by atoms with van der Waals surface area (Å²) in [6.45, 7) is 7.90. The third-order valence-corrected chi connectivity index (χ3v) is 7.25. The van der Waals surface area contributed by atoms with Gasteiger partial charge in [-0.1, -0.05) is 25.1 Å². The Morgan fingerprint density at radius 2 is 1.84 bits per heavy atom. The number of rotatable bonds is 7. The SMILES string of the molecule is CC(=O)C[C@@H](C)c1ccc(O[C@@H]2CCN(c3cccc(N4CCC5(CC5)C4)n3)C2)cc1. The molecule has 3 fully saturated rings. The van der Waals surface area contributed by atoms with Gasteiger partial charge in [-0.15, -0.1) is 0 Å². The van der Waals surface area contributed by atoms with Crippen molar-refractivity contribution in [3.8, 4) is 5.75 Å². The number of hydrogen-bond acceptors (Lipinski definition) is 5. The Labute approximate surface area is 185 Å². The minimum atomic E-state index is 0.174. The second-order valence-corrected chi connectivity index (χ2v) is 9.88. The summed E-state index contributed by atoms with van der Waals surface area (Å²) < 4.78 is 6.26. The van der Waals surface area contributed by atoms with E-state index in [1.165, 1.54) is 31.4 Å². The first-order valence-electron chi connectivity index (χ1n) is 11.7. The van der Waals surface area contributed by atoms with Gasteiger partial charge in [0, 0.05) is 32.5 Å². The number of anilines is 2. The van der Waals surface area contributed by atoms with E-state index < -0.39 is 0 Å². The van der Waals surface area contributed by atoms with Crippen molar-refractivity contribution >= 4 is 17.4 Å². The molecule has 1 aliphatic carbocycles. The molecule has 5 nitrogen and oxygen atoms in total. The molecule has 0 amide bonds. The van der Waals surface area contributed by atoms with E-state index in [2.05, 4.69) is 47.1 Å². The maximum absolute atomic E-state index is 11.4. The van der Waals surface area contributed by atoms with Crippen molar-refractivity contribution in [1.82, 2.24) is 4.98 Å². The Morgan fingerprint density at radius 3 is 2.52 bits per heavy atom. The van der Waals surface area contributed by atoms with Gasteiger partial charge in [0.15, 0.2) is 0 Å². The van der Waals surface area contributed by atoms with E-state index in [1.54, 1.807) is 6.92 Å². The average molecular weight is 420 g/mol. The van der Waals surface area contributed by atoms with Crippen LogP contribution in [0.4, 0.5) is 11.6 Å². The van der Waals surface area contributed by atoms with Gasteiger partial charge >= 0.3 is 0 Å². The molecule has 0 unspecified atom stereocenters. The largest absolute Gasteiger partial charge is 0.489 e. The Morgan fingerprint density at radius 1 is 1.10 bits per heavy atom. The van der Waals surface area contributed by atoms with Crippen molar-refractivity contribution in [3.63, 3.8) is 0 Å². The fourth-order valence-corrected chi connectivity index (χ4v) is 5.13. The van der Waals surface area contributed by atoms with Crippen molar-refractivity contribution in [2.75, 3.05) is 36.0 Å². The van der Waals surface area contributed by atoms with Crippen molar-refractivity contribution in [3.05, 3.63) is 48.0 Å². The highest BCUT2D eigenvalue weighted by molar-refractivity contribution is 5.76. The number of hydrogen-bond donors (Lipinski definition) is 0. The highest BCUT2D eigenvalue weighted by Gasteiger charge is 2.48. The van der Waals surface area contributed by atoms with Gasteiger partial charge in [0.25, 0.3) is 0 Å². The Balaban J connectivity index is 1.18. The lowest BCUT2D eigenvalue weighted by Gasteiger charge is -2.22. The van der Waals surface area contributed by atoms with Gasteiger partial charge in [-0.3, -0.25) is 0 Å². The maximum Gasteiger partial charge on any atom is 0.131 e. The quantitative estimate of drug-likeness (QED) is 0.644. The first-order chi connectivity index (χ1) is 15.0. The summed E-state index contributed by atoms with van der Waals surface area (Å²) in [5, 5.41) is 0. The second-order valence-electron chi connectivity index (χ2n) is 9.88. The molecule has 1 spiro atoms. The van der Waals surface area contributed by atoms with Gasteiger partial charge in [-0.25, -0.2) is 4.98 Å². The van der Waals surface area contributed by atoms with Gasteiger partial charge in [0.05, 0.1) is 6.54 Å². The molecule has 5 rings (SSSR count). The fourth-order valence-electron chi connectivity index (χ4n) is 5.13. The zero-order valence-electron chi connectivity index (χ0n) is 18.7. The number of Topliss-reactive ketones (excluding diaryl/α,β-unsaturated/α-hetero) is 1. The molecule has 3 heterocycles.